The van der Waals surface area contributed by atoms with Crippen molar-refractivity contribution < 1.29 is 9.50 Å². The number of nitrogens with one attached hydrogen (secondary N) is 1. The minimum absolute atomic E-state index is 0.0806. The topological polar surface area (TPSA) is 32.3 Å². The van der Waals surface area contributed by atoms with E-state index in [-0.39, 0.29) is 22.4 Å². The van der Waals surface area contributed by atoms with E-state index in [9.17, 15) is 9.50 Å². The normalized spacial score (nSPS) is 13.8. The van der Waals surface area contributed by atoms with Gasteiger partial charge in [-0.05, 0) is 45.9 Å². The van der Waals surface area contributed by atoms with E-state index in [0.717, 1.165) is 0 Å². The average molecular weight is 243 g/mol. The molecule has 0 amide bonds. The predicted molar refractivity (Wildman–Crippen MR) is 67.0 cm³/mol. The summed E-state index contributed by atoms with van der Waals surface area (Å²) in [6.07, 6.45) is 0. The van der Waals surface area contributed by atoms with Gasteiger partial charge in [0.15, 0.2) is 0 Å². The number of aromatic hydroxyl groups is 1. The molecule has 0 unspecified atom stereocenters. The number of phenolic OH excluding ortho intramolecular Hbond substituents is 1. The maximum Gasteiger partial charge on any atom is 0.123 e. The molecule has 1 aromatic rings. The van der Waals surface area contributed by atoms with Gasteiger partial charge in [0.25, 0.3) is 0 Å². The largest absolute Gasteiger partial charge is 0.508 e. The molecule has 2 N–H and O–H groups in total. The van der Waals surface area contributed by atoms with Crippen molar-refractivity contribution in [3.05, 3.63) is 29.6 Å². The third-order valence-electron chi connectivity index (χ3n) is 2.00. The van der Waals surface area contributed by atoms with Crippen molar-refractivity contribution in [3.8, 4) is 5.75 Å². The van der Waals surface area contributed by atoms with E-state index in [0.29, 0.717) is 5.56 Å². The SMILES string of the molecule is C[C@H](NSC(C)(C)C)c1cc(F)ccc1O. The molecular formula is C12H18FNOS. The van der Waals surface area contributed by atoms with Crippen LogP contribution < -0.4 is 4.72 Å². The van der Waals surface area contributed by atoms with Crippen molar-refractivity contribution in [3.63, 3.8) is 0 Å². The minimum Gasteiger partial charge on any atom is -0.508 e. The van der Waals surface area contributed by atoms with E-state index in [1.807, 2.05) is 6.92 Å². The molecule has 4 heteroatoms. The number of hydrogen-bond acceptors (Lipinski definition) is 3. The lowest BCUT2D eigenvalue weighted by atomic mass is 10.1. The highest BCUT2D eigenvalue weighted by atomic mass is 32.2. The molecule has 90 valence electrons. The summed E-state index contributed by atoms with van der Waals surface area (Å²) in [4.78, 5) is 0. The molecule has 1 rings (SSSR count). The Morgan fingerprint density at radius 1 is 1.38 bits per heavy atom. The van der Waals surface area contributed by atoms with Crippen LogP contribution in [0.5, 0.6) is 5.75 Å². The molecule has 0 aromatic heterocycles. The first-order valence-electron chi connectivity index (χ1n) is 5.21. The minimum atomic E-state index is -0.331. The van der Waals surface area contributed by atoms with Crippen LogP contribution in [0.3, 0.4) is 0 Å². The van der Waals surface area contributed by atoms with Crippen molar-refractivity contribution in [1.82, 2.24) is 4.72 Å². The number of halogens is 1. The lowest BCUT2D eigenvalue weighted by Crippen LogP contribution is -2.20. The van der Waals surface area contributed by atoms with Gasteiger partial charge in [0.05, 0.1) is 0 Å². The predicted octanol–water partition coefficient (Wildman–Crippen LogP) is 3.63. The molecule has 2 nitrogen and oxygen atoms in total. The summed E-state index contributed by atoms with van der Waals surface area (Å²) in [6, 6.07) is 3.89. The molecule has 0 radical (unpaired) electrons. The van der Waals surface area contributed by atoms with Crippen molar-refractivity contribution in [2.75, 3.05) is 0 Å². The van der Waals surface area contributed by atoms with Gasteiger partial charge in [0, 0.05) is 16.4 Å². The Bertz CT molecular complexity index is 363. The Hall–Kier alpha value is -0.740. The second-order valence-electron chi connectivity index (χ2n) is 4.76. The molecule has 0 fully saturated rings. The summed E-state index contributed by atoms with van der Waals surface area (Å²) >= 11 is 1.57. The van der Waals surface area contributed by atoms with Crippen LogP contribution in [0.4, 0.5) is 4.39 Å². The quantitative estimate of drug-likeness (QED) is 0.795. The molecule has 0 aliphatic carbocycles. The lowest BCUT2D eigenvalue weighted by Gasteiger charge is -2.22. The van der Waals surface area contributed by atoms with Gasteiger partial charge in [-0.1, -0.05) is 11.9 Å². The fourth-order valence-corrected chi connectivity index (χ4v) is 1.86. The average Bonchev–Trinajstić information content (AvgIpc) is 2.17. The summed E-state index contributed by atoms with van der Waals surface area (Å²) in [5.74, 6) is -0.210. The van der Waals surface area contributed by atoms with Crippen LogP contribution >= 0.6 is 11.9 Å². The highest BCUT2D eigenvalue weighted by Crippen LogP contribution is 2.29. The molecule has 0 aliphatic heterocycles. The highest BCUT2D eigenvalue weighted by Gasteiger charge is 2.16. The highest BCUT2D eigenvalue weighted by molar-refractivity contribution is 7.98. The third kappa shape index (κ3) is 4.02. The molecule has 1 atom stereocenters. The zero-order valence-corrected chi connectivity index (χ0v) is 10.9. The Labute approximate surface area is 100 Å². The second kappa shape index (κ2) is 5.06. The number of phenols is 1. The van der Waals surface area contributed by atoms with Crippen molar-refractivity contribution in [2.45, 2.75) is 38.5 Å². The number of hydrogen-bond donors (Lipinski definition) is 2. The monoisotopic (exact) mass is 243 g/mol. The van der Waals surface area contributed by atoms with Crippen molar-refractivity contribution in [1.29, 1.82) is 0 Å². The molecule has 16 heavy (non-hydrogen) atoms. The van der Waals surface area contributed by atoms with Crippen molar-refractivity contribution >= 4 is 11.9 Å². The standard InChI is InChI=1S/C12H18FNOS/c1-8(14-16-12(2,3)4)10-7-9(13)5-6-11(10)15/h5-8,14-15H,1-4H3/t8-/m0/s1. The number of rotatable bonds is 3. The van der Waals surface area contributed by atoms with Crippen LogP contribution in [0.15, 0.2) is 18.2 Å². The first kappa shape index (κ1) is 13.3. The van der Waals surface area contributed by atoms with E-state index in [1.165, 1.54) is 18.2 Å². The second-order valence-corrected chi connectivity index (χ2v) is 6.42. The smallest absolute Gasteiger partial charge is 0.123 e. The zero-order valence-electron chi connectivity index (χ0n) is 10.0. The molecule has 0 heterocycles. The fraction of sp³-hybridized carbons (Fsp3) is 0.500. The maximum absolute atomic E-state index is 13.0. The van der Waals surface area contributed by atoms with E-state index in [4.69, 9.17) is 0 Å². The molecule has 1 aromatic carbocycles. The summed E-state index contributed by atoms with van der Waals surface area (Å²) in [5, 5.41) is 9.62. The van der Waals surface area contributed by atoms with Crippen LogP contribution in [-0.2, 0) is 0 Å². The lowest BCUT2D eigenvalue weighted by molar-refractivity contribution is 0.459. The third-order valence-corrected chi connectivity index (χ3v) is 3.08. The van der Waals surface area contributed by atoms with Gasteiger partial charge in [-0.25, -0.2) is 4.39 Å². The summed E-state index contributed by atoms with van der Waals surface area (Å²) < 4.78 is 16.3. The molecular weight excluding hydrogens is 225 g/mol. The first-order valence-corrected chi connectivity index (χ1v) is 6.03. The first-order chi connectivity index (χ1) is 7.29. The van der Waals surface area contributed by atoms with Gasteiger partial charge >= 0.3 is 0 Å². The summed E-state index contributed by atoms with van der Waals surface area (Å²) in [5.41, 5.74) is 0.580. The fourth-order valence-electron chi connectivity index (χ4n) is 1.20. The molecule has 0 saturated heterocycles. The van der Waals surface area contributed by atoms with Gasteiger partial charge in [-0.15, -0.1) is 0 Å². The van der Waals surface area contributed by atoms with Gasteiger partial charge in [0.2, 0.25) is 0 Å². The molecule has 0 bridgehead atoms. The van der Waals surface area contributed by atoms with Gasteiger partial charge in [-0.2, -0.15) is 0 Å². The van der Waals surface area contributed by atoms with Crippen LogP contribution in [-0.4, -0.2) is 9.85 Å². The molecule has 0 aliphatic rings. The zero-order chi connectivity index (χ0) is 12.3. The maximum atomic E-state index is 13.0. The number of benzene rings is 1. The molecule has 0 spiro atoms. The van der Waals surface area contributed by atoms with Crippen LogP contribution in [0.2, 0.25) is 0 Å². The van der Waals surface area contributed by atoms with Crippen LogP contribution in [0, 0.1) is 5.82 Å². The Morgan fingerprint density at radius 3 is 2.56 bits per heavy atom. The Balaban J connectivity index is 2.73. The van der Waals surface area contributed by atoms with E-state index >= 15 is 0 Å². The van der Waals surface area contributed by atoms with Crippen molar-refractivity contribution in [2.24, 2.45) is 0 Å². The van der Waals surface area contributed by atoms with Gasteiger partial charge < -0.3 is 5.11 Å². The summed E-state index contributed by atoms with van der Waals surface area (Å²) in [7, 11) is 0. The summed E-state index contributed by atoms with van der Waals surface area (Å²) in [6.45, 7) is 8.15. The van der Waals surface area contributed by atoms with Gasteiger partial charge in [-0.3, -0.25) is 4.72 Å². The van der Waals surface area contributed by atoms with Gasteiger partial charge in [0.1, 0.15) is 11.6 Å². The Kier molecular flexibility index (Phi) is 4.21. The Morgan fingerprint density at radius 2 is 2.00 bits per heavy atom. The van der Waals surface area contributed by atoms with E-state index in [2.05, 4.69) is 25.5 Å². The van der Waals surface area contributed by atoms with Crippen LogP contribution in [0.25, 0.3) is 0 Å². The van der Waals surface area contributed by atoms with E-state index in [1.54, 1.807) is 11.9 Å². The van der Waals surface area contributed by atoms with Crippen LogP contribution in [0.1, 0.15) is 39.3 Å². The van der Waals surface area contributed by atoms with E-state index < -0.39 is 0 Å². The molecule has 0 saturated carbocycles.